The molecule has 14 nitrogen and oxygen atoms in total. The topological polar surface area (TPSA) is 201 Å². The van der Waals surface area contributed by atoms with Crippen molar-refractivity contribution in [1.82, 2.24) is 15.0 Å². The molecule has 0 spiro atoms. The maximum atomic E-state index is 12.0. The zero-order valence-electron chi connectivity index (χ0n) is 21.5. The lowest BCUT2D eigenvalue weighted by Gasteiger charge is -2.08. The molecule has 6 rings (SSSR count). The van der Waals surface area contributed by atoms with Gasteiger partial charge in [-0.15, -0.1) is 24.8 Å². The fourth-order valence-corrected chi connectivity index (χ4v) is 5.36. The van der Waals surface area contributed by atoms with Crippen LogP contribution in [0.4, 0.5) is 22.9 Å². The first-order valence-electron chi connectivity index (χ1n) is 12.2. The third-order valence-corrected chi connectivity index (χ3v) is 7.61. The van der Waals surface area contributed by atoms with Gasteiger partial charge in [-0.3, -0.25) is 14.5 Å². The molecule has 0 fully saturated rings. The fraction of sp³-hybridized carbons (Fsp3) is 0. The largest absolute Gasteiger partial charge is 0.504 e. The highest BCUT2D eigenvalue weighted by molar-refractivity contribution is 7.94. The Morgan fingerprint density at radius 1 is 0.767 bits per heavy atom. The highest BCUT2D eigenvalue weighted by Gasteiger charge is 2.20. The molecule has 16 heteroatoms. The number of aromatic hydroxyl groups is 1. The highest BCUT2D eigenvalue weighted by Crippen LogP contribution is 2.40. The molecule has 0 radical (unpaired) electrons. The molecule has 0 saturated heterocycles. The van der Waals surface area contributed by atoms with Gasteiger partial charge >= 0.3 is 0 Å². The van der Waals surface area contributed by atoms with Crippen molar-refractivity contribution in [3.63, 3.8) is 0 Å². The van der Waals surface area contributed by atoms with Crippen molar-refractivity contribution in [3.05, 3.63) is 85.2 Å². The summed E-state index contributed by atoms with van der Waals surface area (Å²) in [5.74, 6) is -0.0431. The van der Waals surface area contributed by atoms with Crippen molar-refractivity contribution in [2.45, 2.75) is 9.79 Å². The van der Waals surface area contributed by atoms with Gasteiger partial charge in [0.15, 0.2) is 11.6 Å². The molecule has 6 aromatic rings. The number of hydrogen-bond acceptors (Lipinski definition) is 14. The Morgan fingerprint density at radius 2 is 1.49 bits per heavy atom. The van der Waals surface area contributed by atoms with Crippen LogP contribution in [0.5, 0.6) is 5.75 Å². The summed E-state index contributed by atoms with van der Waals surface area (Å²) >= 11 is 0.842. The molecule has 214 valence electrons. The number of azo groups is 2. The van der Waals surface area contributed by atoms with Gasteiger partial charge < -0.3 is 5.11 Å². The predicted molar refractivity (Wildman–Crippen MR) is 156 cm³/mol. The van der Waals surface area contributed by atoms with Crippen molar-refractivity contribution in [1.29, 1.82) is 0 Å². The van der Waals surface area contributed by atoms with Crippen LogP contribution in [-0.4, -0.2) is 38.3 Å². The normalized spacial score (nSPS) is 12.3. The summed E-state index contributed by atoms with van der Waals surface area (Å²) in [5, 5.41) is 41.0. The number of phenols is 1. The Morgan fingerprint density at radius 3 is 2.28 bits per heavy atom. The van der Waals surface area contributed by atoms with Crippen molar-refractivity contribution in [2.24, 2.45) is 20.5 Å². The number of benzene rings is 3. The molecule has 0 atom stereocenters. The van der Waals surface area contributed by atoms with Crippen LogP contribution in [-0.2, 0) is 19.5 Å². The molecule has 0 bridgehead atoms. The van der Waals surface area contributed by atoms with Crippen LogP contribution in [0.3, 0.4) is 0 Å². The fourth-order valence-electron chi connectivity index (χ4n) is 4.25. The lowest BCUT2D eigenvalue weighted by molar-refractivity contribution is -0.432. The van der Waals surface area contributed by atoms with Gasteiger partial charge in [0.1, 0.15) is 21.8 Å². The van der Waals surface area contributed by atoms with Gasteiger partial charge in [0.05, 0.1) is 28.8 Å². The van der Waals surface area contributed by atoms with Gasteiger partial charge in [-0.2, -0.15) is 8.42 Å². The second-order valence-corrected chi connectivity index (χ2v) is 10.9. The lowest BCUT2D eigenvalue weighted by atomic mass is 10.1. The van der Waals surface area contributed by atoms with Crippen LogP contribution >= 0.6 is 12.0 Å². The molecule has 0 aliphatic carbocycles. The maximum Gasteiger partial charge on any atom is 0.295 e. The van der Waals surface area contributed by atoms with Crippen molar-refractivity contribution >= 4 is 77.7 Å². The van der Waals surface area contributed by atoms with Crippen molar-refractivity contribution in [3.8, 4) is 5.75 Å². The number of hydrogen-bond donors (Lipinski definition) is 3. The number of pyridine rings is 3. The van der Waals surface area contributed by atoms with E-state index in [1.54, 1.807) is 54.7 Å². The summed E-state index contributed by atoms with van der Waals surface area (Å²) in [5.41, 5.74) is 1.59. The summed E-state index contributed by atoms with van der Waals surface area (Å²) in [6.07, 6.45) is 2.93. The highest BCUT2D eigenvalue weighted by atomic mass is 32.2. The van der Waals surface area contributed by atoms with E-state index < -0.39 is 20.8 Å². The monoisotopic (exact) mass is 615 g/mol. The number of fused-ring (bicyclic) bond motifs is 3. The van der Waals surface area contributed by atoms with E-state index in [1.165, 1.54) is 18.3 Å². The zero-order valence-corrected chi connectivity index (χ0v) is 23.1. The average molecular weight is 616 g/mol. The molecule has 3 heterocycles. The second-order valence-electron chi connectivity index (χ2n) is 8.77. The second kappa shape index (κ2) is 11.7. The zero-order chi connectivity index (χ0) is 30.0. The molecule has 3 aromatic heterocycles. The average Bonchev–Trinajstić information content (AvgIpc) is 3.02. The van der Waals surface area contributed by atoms with Crippen LogP contribution in [0.2, 0.25) is 0 Å². The van der Waals surface area contributed by atoms with Crippen LogP contribution in [0.1, 0.15) is 0 Å². The van der Waals surface area contributed by atoms with E-state index in [9.17, 15) is 18.1 Å². The minimum atomic E-state index is -4.65. The molecule has 3 aromatic carbocycles. The molecule has 0 aliphatic heterocycles. The van der Waals surface area contributed by atoms with Crippen molar-refractivity contribution in [2.75, 3.05) is 0 Å². The van der Waals surface area contributed by atoms with E-state index in [0.29, 0.717) is 38.5 Å². The summed E-state index contributed by atoms with van der Waals surface area (Å²) < 4.78 is 38.2. The molecule has 0 saturated carbocycles. The smallest absolute Gasteiger partial charge is 0.295 e. The van der Waals surface area contributed by atoms with E-state index in [4.69, 9.17) is 5.26 Å². The van der Waals surface area contributed by atoms with Crippen LogP contribution in [0.15, 0.2) is 115 Å². The van der Waals surface area contributed by atoms with Gasteiger partial charge in [-0.1, -0.05) is 5.04 Å². The third kappa shape index (κ3) is 5.86. The molecule has 43 heavy (non-hydrogen) atoms. The number of rotatable bonds is 8. The Hall–Kier alpha value is -4.97. The van der Waals surface area contributed by atoms with Gasteiger partial charge in [0.25, 0.3) is 10.1 Å². The summed E-state index contributed by atoms with van der Waals surface area (Å²) in [7, 11) is -4.65. The first-order valence-corrected chi connectivity index (χ1v) is 14.3. The van der Waals surface area contributed by atoms with Crippen molar-refractivity contribution < 1.29 is 32.7 Å². The Kier molecular flexibility index (Phi) is 7.68. The Balaban J connectivity index is 1.33. The molecule has 3 N–H and O–H groups in total. The first-order chi connectivity index (χ1) is 20.8. The maximum absolute atomic E-state index is 12.0. The molecule has 0 amide bonds. The minimum Gasteiger partial charge on any atom is -0.504 e. The van der Waals surface area contributed by atoms with Crippen LogP contribution in [0, 0.1) is 0 Å². The van der Waals surface area contributed by atoms with Gasteiger partial charge in [0, 0.05) is 33.4 Å². The van der Waals surface area contributed by atoms with E-state index in [2.05, 4.69) is 44.8 Å². The standard InChI is InChI=1S/C27H17N7O7S2/c35-27-22(14-23(43(37,38)39)18-4-2-12-29-26(18)27)33-32-21-9-8-20(17-3-1-11-28-25(17)21)31-34-24-10-5-15-13-16(42-41-40-36)6-7-19(15)30-24/h1-14,35-36H,(H,37,38,39). The van der Waals surface area contributed by atoms with Gasteiger partial charge in [0.2, 0.25) is 0 Å². The molecular weight excluding hydrogens is 598 g/mol. The quantitative estimate of drug-likeness (QED) is 0.0501. The predicted octanol–water partition coefficient (Wildman–Crippen LogP) is 7.54. The molecule has 0 unspecified atom stereocenters. The van der Waals surface area contributed by atoms with Gasteiger partial charge in [-0.05, 0) is 72.8 Å². The Labute approximate surface area is 246 Å². The lowest BCUT2D eigenvalue weighted by Crippen LogP contribution is -1.99. The van der Waals surface area contributed by atoms with E-state index in [1.807, 2.05) is 6.07 Å². The molecular formula is C27H17N7O7S2. The van der Waals surface area contributed by atoms with Gasteiger partial charge in [-0.25, -0.2) is 10.2 Å². The summed E-state index contributed by atoms with van der Waals surface area (Å²) in [4.78, 5) is 13.1. The SMILES string of the molecule is O=S(=O)(O)c1cc(N=Nc2ccc(N=Nc3ccc4cc(SOOO)ccc4n3)c3cccnc23)c(O)c2ncccc12. The summed E-state index contributed by atoms with van der Waals surface area (Å²) in [6, 6.07) is 19.5. The first kappa shape index (κ1) is 28.2. The van der Waals surface area contributed by atoms with Crippen LogP contribution in [0.25, 0.3) is 32.7 Å². The number of nitrogens with zero attached hydrogens (tertiary/aromatic N) is 7. The number of aromatic nitrogens is 3. The van der Waals surface area contributed by atoms with Crippen LogP contribution < -0.4 is 0 Å². The molecule has 0 aliphatic rings. The minimum absolute atomic E-state index is 0.0377. The Bertz CT molecular complexity index is 2200. The van der Waals surface area contributed by atoms with E-state index in [-0.39, 0.29) is 16.6 Å². The summed E-state index contributed by atoms with van der Waals surface area (Å²) in [6.45, 7) is 0. The van der Waals surface area contributed by atoms with E-state index >= 15 is 0 Å². The van der Waals surface area contributed by atoms with E-state index in [0.717, 1.165) is 23.5 Å². The third-order valence-electron chi connectivity index (χ3n) is 6.14. The number of phenolic OH excluding ortho intramolecular Hbond substituents is 1.